The van der Waals surface area contributed by atoms with E-state index in [1.54, 1.807) is 42.5 Å². The Bertz CT molecular complexity index is 1940. The molecule has 1 unspecified atom stereocenters. The molecule has 1 aliphatic heterocycles. The van der Waals surface area contributed by atoms with Gasteiger partial charge >= 0.3 is 5.97 Å². The van der Waals surface area contributed by atoms with Crippen LogP contribution in [0.2, 0.25) is 0 Å². The first-order valence-corrected chi connectivity index (χ1v) is 12.1. The van der Waals surface area contributed by atoms with Crippen molar-refractivity contribution in [3.05, 3.63) is 86.3 Å². The molecule has 3 aromatic carbocycles. The van der Waals surface area contributed by atoms with Crippen LogP contribution in [0, 0.1) is 0 Å². The molecule has 40 heavy (non-hydrogen) atoms. The Morgan fingerprint density at radius 2 is 1.70 bits per heavy atom. The smallest absolute Gasteiger partial charge is 0.306 e. The number of ether oxygens (including phenoxy) is 3. The highest BCUT2D eigenvalue weighted by Gasteiger charge is 2.33. The zero-order chi connectivity index (χ0) is 28.1. The van der Waals surface area contributed by atoms with E-state index in [1.807, 2.05) is 0 Å². The number of esters is 1. The number of rotatable bonds is 5. The third-order valence-electron chi connectivity index (χ3n) is 6.88. The monoisotopic (exact) mass is 543 g/mol. The lowest BCUT2D eigenvalue weighted by Crippen LogP contribution is -2.20. The van der Waals surface area contributed by atoms with Crippen LogP contribution in [0.15, 0.2) is 68.6 Å². The molecule has 6 rings (SSSR count). The minimum Gasteiger partial charge on any atom is -0.504 e. The van der Waals surface area contributed by atoms with E-state index < -0.39 is 51.9 Å². The van der Waals surface area contributed by atoms with Crippen molar-refractivity contribution in [3.63, 3.8) is 0 Å². The van der Waals surface area contributed by atoms with Crippen molar-refractivity contribution in [3.8, 4) is 40.1 Å². The number of carbonyl (C=O) groups is 1. The number of aromatic hydroxyl groups is 3. The van der Waals surface area contributed by atoms with Crippen LogP contribution in [0.3, 0.4) is 0 Å². The fraction of sp³-hybridized carbons (Fsp3) is 0.138. The Hall–Kier alpha value is -5.45. The zero-order valence-corrected chi connectivity index (χ0v) is 20.9. The molecule has 11 heteroatoms. The van der Waals surface area contributed by atoms with Crippen molar-refractivity contribution in [2.75, 3.05) is 13.9 Å². The van der Waals surface area contributed by atoms with Crippen molar-refractivity contribution < 1.29 is 38.7 Å². The van der Waals surface area contributed by atoms with E-state index in [0.29, 0.717) is 28.0 Å². The molecule has 0 radical (unpaired) electrons. The molecule has 0 amide bonds. The lowest BCUT2D eigenvalue weighted by Gasteiger charge is -2.21. The van der Waals surface area contributed by atoms with Crippen molar-refractivity contribution in [1.29, 1.82) is 0 Å². The maximum atomic E-state index is 13.4. The van der Waals surface area contributed by atoms with Gasteiger partial charge in [0, 0.05) is 40.1 Å². The van der Waals surface area contributed by atoms with E-state index >= 15 is 0 Å². The van der Waals surface area contributed by atoms with Crippen molar-refractivity contribution in [2.45, 2.75) is 12.3 Å². The summed E-state index contributed by atoms with van der Waals surface area (Å²) in [5, 5.41) is 32.4. The van der Waals surface area contributed by atoms with Gasteiger partial charge in [0.25, 0.3) is 5.56 Å². The minimum atomic E-state index is -1.28. The minimum absolute atomic E-state index is 0.00813. The number of aromatic amines is 1. The second kappa shape index (κ2) is 9.38. The molecule has 1 atom stereocenters. The molecule has 0 saturated carbocycles. The van der Waals surface area contributed by atoms with Gasteiger partial charge in [-0.05, 0) is 12.1 Å². The summed E-state index contributed by atoms with van der Waals surface area (Å²) in [6, 6.07) is 14.5. The number of carbonyl (C=O) groups excluding carboxylic acids is 1. The topological polar surface area (TPSA) is 169 Å². The number of hydrogen-bond acceptors (Lipinski definition) is 10. The predicted molar refractivity (Wildman–Crippen MR) is 142 cm³/mol. The van der Waals surface area contributed by atoms with Gasteiger partial charge in [-0.15, -0.1) is 0 Å². The number of pyridine rings is 1. The molecule has 0 saturated heterocycles. The fourth-order valence-electron chi connectivity index (χ4n) is 4.93. The van der Waals surface area contributed by atoms with Crippen molar-refractivity contribution in [2.24, 2.45) is 0 Å². The van der Waals surface area contributed by atoms with E-state index in [1.165, 1.54) is 6.07 Å². The summed E-state index contributed by atoms with van der Waals surface area (Å²) in [4.78, 5) is 41.9. The quantitative estimate of drug-likeness (QED) is 0.189. The summed E-state index contributed by atoms with van der Waals surface area (Å²) in [6.45, 7) is 0.0170. The average molecular weight is 543 g/mol. The van der Waals surface area contributed by atoms with Crippen LogP contribution in [0.1, 0.15) is 23.5 Å². The highest BCUT2D eigenvalue weighted by atomic mass is 16.7. The molecule has 1 aliphatic rings. The number of benzene rings is 3. The van der Waals surface area contributed by atoms with Crippen molar-refractivity contribution in [1.82, 2.24) is 4.98 Å². The van der Waals surface area contributed by atoms with Gasteiger partial charge in [-0.3, -0.25) is 14.4 Å². The van der Waals surface area contributed by atoms with Gasteiger partial charge in [-0.25, -0.2) is 0 Å². The molecule has 0 aliphatic carbocycles. The van der Waals surface area contributed by atoms with E-state index in [2.05, 4.69) is 4.98 Å². The maximum absolute atomic E-state index is 13.4. The van der Waals surface area contributed by atoms with Crippen LogP contribution in [-0.2, 0) is 9.53 Å². The summed E-state index contributed by atoms with van der Waals surface area (Å²) < 4.78 is 21.7. The highest BCUT2D eigenvalue weighted by Crippen LogP contribution is 2.49. The molecule has 0 fully saturated rings. The van der Waals surface area contributed by atoms with E-state index in [-0.39, 0.29) is 29.3 Å². The van der Waals surface area contributed by atoms with E-state index in [4.69, 9.17) is 18.6 Å². The van der Waals surface area contributed by atoms with Gasteiger partial charge in [-0.1, -0.05) is 30.3 Å². The van der Waals surface area contributed by atoms with Crippen LogP contribution in [0.4, 0.5) is 0 Å². The summed E-state index contributed by atoms with van der Waals surface area (Å²) in [7, 11) is 1.16. The number of H-pyrrole nitrogens is 1. The SMILES string of the molecule is COC(=O)CC(c1cc2cc3c(cc2[nH]c1=O)OCO3)c1c(O)c(O)c(O)c2c(=O)cc(-c3ccccc3)oc12. The molecule has 202 valence electrons. The van der Waals surface area contributed by atoms with Gasteiger partial charge < -0.3 is 38.9 Å². The number of phenolic OH excluding ortho intramolecular Hbond substituents is 3. The van der Waals surface area contributed by atoms with Gasteiger partial charge in [0.15, 0.2) is 28.4 Å². The molecule has 3 heterocycles. The summed E-state index contributed by atoms with van der Waals surface area (Å²) in [5.41, 5.74) is -0.965. The predicted octanol–water partition coefficient (Wildman–Crippen LogP) is 3.84. The lowest BCUT2D eigenvalue weighted by molar-refractivity contribution is -0.140. The first-order valence-electron chi connectivity index (χ1n) is 12.1. The van der Waals surface area contributed by atoms with Crippen LogP contribution in [-0.4, -0.2) is 40.2 Å². The third kappa shape index (κ3) is 3.95. The number of nitrogens with one attached hydrogen (secondary N) is 1. The van der Waals surface area contributed by atoms with Gasteiger partial charge in [0.2, 0.25) is 12.5 Å². The van der Waals surface area contributed by atoms with Gasteiger partial charge in [0.1, 0.15) is 16.7 Å². The Morgan fingerprint density at radius 1 is 0.975 bits per heavy atom. The highest BCUT2D eigenvalue weighted by molar-refractivity contribution is 5.94. The maximum Gasteiger partial charge on any atom is 0.306 e. The Morgan fingerprint density at radius 3 is 2.42 bits per heavy atom. The fourth-order valence-corrected chi connectivity index (χ4v) is 4.93. The Balaban J connectivity index is 1.67. The molecule has 0 spiro atoms. The summed E-state index contributed by atoms with van der Waals surface area (Å²) in [6.07, 6.45) is -0.484. The Labute approximate surface area is 224 Å². The van der Waals surface area contributed by atoms with E-state index in [0.717, 1.165) is 13.2 Å². The number of methoxy groups -OCH3 is 1. The molecule has 11 nitrogen and oxygen atoms in total. The van der Waals surface area contributed by atoms with Crippen LogP contribution < -0.4 is 20.5 Å². The zero-order valence-electron chi connectivity index (χ0n) is 20.9. The van der Waals surface area contributed by atoms with Gasteiger partial charge in [0.05, 0.1) is 19.0 Å². The van der Waals surface area contributed by atoms with E-state index in [9.17, 15) is 29.7 Å². The second-order valence-corrected chi connectivity index (χ2v) is 9.18. The average Bonchev–Trinajstić information content (AvgIpc) is 3.41. The number of fused-ring (bicyclic) bond motifs is 3. The third-order valence-corrected chi connectivity index (χ3v) is 6.88. The molecular formula is C29H21NO10. The number of aromatic nitrogens is 1. The lowest BCUT2D eigenvalue weighted by atomic mass is 9.86. The standard InChI is InChI=1S/C29H21NO10/c1-37-22(32)9-15(16-7-14-8-20-21(39-12-38-20)10-17(14)30-29(16)36)23-25(33)27(35)26(34)24-18(31)11-19(40-28(23)24)13-5-3-2-4-6-13/h2-8,10-11,15,33-35H,9,12H2,1H3,(H,30,36). The molecule has 5 aromatic rings. The summed E-state index contributed by atoms with van der Waals surface area (Å²) >= 11 is 0. The number of hydrogen-bond donors (Lipinski definition) is 4. The molecular weight excluding hydrogens is 522 g/mol. The number of phenols is 3. The molecule has 4 N–H and O–H groups in total. The molecule has 2 aromatic heterocycles. The Kier molecular flexibility index (Phi) is 5.83. The van der Waals surface area contributed by atoms with Crippen LogP contribution in [0.5, 0.6) is 28.7 Å². The van der Waals surface area contributed by atoms with Gasteiger partial charge in [-0.2, -0.15) is 0 Å². The van der Waals surface area contributed by atoms with Crippen molar-refractivity contribution >= 4 is 27.8 Å². The first-order chi connectivity index (χ1) is 19.3. The second-order valence-electron chi connectivity index (χ2n) is 9.18. The first kappa shape index (κ1) is 24.9. The molecule has 0 bridgehead atoms. The van der Waals surface area contributed by atoms with Crippen LogP contribution >= 0.6 is 0 Å². The largest absolute Gasteiger partial charge is 0.504 e. The summed E-state index contributed by atoms with van der Waals surface area (Å²) in [5.74, 6) is -3.81. The van der Waals surface area contributed by atoms with Crippen LogP contribution in [0.25, 0.3) is 33.2 Å². The normalized spacial score (nSPS) is 13.0.